The highest BCUT2D eigenvalue weighted by Gasteiger charge is 2.25. The number of anilines is 1. The lowest BCUT2D eigenvalue weighted by atomic mass is 10.1. The van der Waals surface area contributed by atoms with Gasteiger partial charge < -0.3 is 10.5 Å². The van der Waals surface area contributed by atoms with Crippen molar-refractivity contribution in [3.05, 3.63) is 59.7 Å². The number of aromatic nitrogens is 3. The van der Waals surface area contributed by atoms with Crippen molar-refractivity contribution in [2.24, 2.45) is 0 Å². The monoisotopic (exact) mass is 374 g/mol. The maximum atomic E-state index is 12.4. The van der Waals surface area contributed by atoms with Crippen LogP contribution in [0.15, 0.2) is 48.5 Å². The van der Waals surface area contributed by atoms with E-state index in [1.165, 1.54) is 12.7 Å². The number of unbranched alkanes of at least 4 members (excludes halogenated alkanes) is 1. The summed E-state index contributed by atoms with van der Waals surface area (Å²) >= 11 is 0. The average Bonchev–Trinajstić information content (AvgIpc) is 3.01. The molecule has 0 radical (unpaired) electrons. The summed E-state index contributed by atoms with van der Waals surface area (Å²) in [5.41, 5.74) is 11.2. The summed E-state index contributed by atoms with van der Waals surface area (Å²) in [5.74, 6) is -0.246. The van der Waals surface area contributed by atoms with E-state index in [0.717, 1.165) is 30.5 Å². The Morgan fingerprint density at radius 1 is 1.07 bits per heavy atom. The number of nitrogens with two attached hydrogens (primary N) is 1. The number of benzene rings is 2. The van der Waals surface area contributed by atoms with Crippen molar-refractivity contribution in [1.82, 2.24) is 14.5 Å². The van der Waals surface area contributed by atoms with E-state index in [4.69, 9.17) is 15.5 Å². The van der Waals surface area contributed by atoms with Gasteiger partial charge in [-0.2, -0.15) is 0 Å². The fraction of sp³-hybridized carbons (Fsp3) is 0.227. The lowest BCUT2D eigenvalue weighted by Gasteiger charge is -2.09. The number of aryl methyl sites for hydroxylation is 1. The maximum absolute atomic E-state index is 12.4. The molecule has 28 heavy (non-hydrogen) atoms. The summed E-state index contributed by atoms with van der Waals surface area (Å²) in [4.78, 5) is 21.8. The average molecular weight is 374 g/mol. The smallest absolute Gasteiger partial charge is 0.343 e. The van der Waals surface area contributed by atoms with E-state index in [-0.39, 0.29) is 11.4 Å². The number of para-hydroxylation sites is 2. The number of esters is 1. The molecule has 0 unspecified atom stereocenters. The van der Waals surface area contributed by atoms with Crippen molar-refractivity contribution < 1.29 is 9.53 Å². The summed E-state index contributed by atoms with van der Waals surface area (Å²) in [7, 11) is 1.34. The minimum Gasteiger partial charge on any atom is -0.465 e. The molecule has 2 aromatic heterocycles. The first kappa shape index (κ1) is 18.0. The summed E-state index contributed by atoms with van der Waals surface area (Å²) in [6, 6.07) is 15.7. The molecule has 6 nitrogen and oxygen atoms in total. The molecule has 0 aliphatic heterocycles. The van der Waals surface area contributed by atoms with E-state index in [9.17, 15) is 4.79 Å². The number of carbonyl (C=O) groups excluding carboxylic acids is 1. The Labute approximate surface area is 163 Å². The first-order valence-electron chi connectivity index (χ1n) is 9.38. The Kier molecular flexibility index (Phi) is 4.69. The van der Waals surface area contributed by atoms with E-state index in [2.05, 4.69) is 24.0 Å². The van der Waals surface area contributed by atoms with E-state index in [1.807, 2.05) is 36.4 Å². The molecule has 0 amide bonds. The first-order valence-corrected chi connectivity index (χ1v) is 9.38. The van der Waals surface area contributed by atoms with Gasteiger partial charge >= 0.3 is 5.97 Å². The second-order valence-electron chi connectivity index (χ2n) is 6.74. The molecule has 0 aliphatic rings. The number of hydrogen-bond donors (Lipinski definition) is 1. The van der Waals surface area contributed by atoms with Gasteiger partial charge in [0.2, 0.25) is 0 Å². The Morgan fingerprint density at radius 3 is 2.39 bits per heavy atom. The third kappa shape index (κ3) is 2.97. The van der Waals surface area contributed by atoms with Crippen LogP contribution in [0.5, 0.6) is 0 Å². The molecule has 0 bridgehead atoms. The lowest BCUT2D eigenvalue weighted by molar-refractivity contribution is 0.0604. The first-order chi connectivity index (χ1) is 13.6. The second kappa shape index (κ2) is 7.31. The molecular formula is C22H22N4O2. The van der Waals surface area contributed by atoms with Gasteiger partial charge in [0.15, 0.2) is 5.65 Å². The molecule has 0 fully saturated rings. The summed E-state index contributed by atoms with van der Waals surface area (Å²) in [6.07, 6.45) is 3.34. The maximum Gasteiger partial charge on any atom is 0.343 e. The van der Waals surface area contributed by atoms with Gasteiger partial charge in [0, 0.05) is 5.69 Å². The summed E-state index contributed by atoms with van der Waals surface area (Å²) in [5, 5.41) is 0. The normalized spacial score (nSPS) is 11.2. The molecule has 0 spiro atoms. The predicted molar refractivity (Wildman–Crippen MR) is 111 cm³/mol. The highest BCUT2D eigenvalue weighted by Crippen LogP contribution is 2.31. The lowest BCUT2D eigenvalue weighted by Crippen LogP contribution is -2.07. The molecule has 2 N–H and O–H groups in total. The van der Waals surface area contributed by atoms with Gasteiger partial charge in [0.25, 0.3) is 0 Å². The van der Waals surface area contributed by atoms with Crippen LogP contribution < -0.4 is 5.73 Å². The molecule has 2 aromatic carbocycles. The van der Waals surface area contributed by atoms with Crippen molar-refractivity contribution >= 4 is 34.0 Å². The highest BCUT2D eigenvalue weighted by atomic mass is 16.5. The van der Waals surface area contributed by atoms with E-state index < -0.39 is 5.97 Å². The molecule has 0 atom stereocenters. The van der Waals surface area contributed by atoms with Crippen LogP contribution in [0.25, 0.3) is 27.9 Å². The quantitative estimate of drug-likeness (QED) is 0.527. The number of fused-ring (bicyclic) bond motifs is 2. The van der Waals surface area contributed by atoms with Crippen LogP contribution in [-0.2, 0) is 11.2 Å². The van der Waals surface area contributed by atoms with Crippen LogP contribution >= 0.6 is 0 Å². The Hall–Kier alpha value is -3.41. The van der Waals surface area contributed by atoms with Crippen LogP contribution in [0.3, 0.4) is 0 Å². The molecule has 4 aromatic rings. The SMILES string of the molecule is CCCCc1ccc(-n2c(N)c(C(=O)OC)c3nc4ccccc4nc32)cc1. The van der Waals surface area contributed by atoms with Crippen molar-refractivity contribution in [2.45, 2.75) is 26.2 Å². The standard InChI is InChI=1S/C22H22N4O2/c1-3-4-7-14-10-12-15(13-11-14)26-20(23)18(22(27)28-2)19-21(26)25-17-9-6-5-8-16(17)24-19/h5-6,8-13H,3-4,7,23H2,1-2H3. The fourth-order valence-corrected chi connectivity index (χ4v) is 3.42. The topological polar surface area (TPSA) is 83.0 Å². The van der Waals surface area contributed by atoms with Crippen LogP contribution in [0.4, 0.5) is 5.82 Å². The zero-order valence-electron chi connectivity index (χ0n) is 16.0. The van der Waals surface area contributed by atoms with Crippen LogP contribution in [0, 0.1) is 0 Å². The number of ether oxygens (including phenoxy) is 1. The van der Waals surface area contributed by atoms with E-state index in [1.54, 1.807) is 4.57 Å². The van der Waals surface area contributed by atoms with E-state index >= 15 is 0 Å². The van der Waals surface area contributed by atoms with Gasteiger partial charge in [-0.25, -0.2) is 14.8 Å². The molecular weight excluding hydrogens is 352 g/mol. The number of carbonyl (C=O) groups is 1. The second-order valence-corrected chi connectivity index (χ2v) is 6.74. The Balaban J connectivity index is 1.95. The number of rotatable bonds is 5. The summed E-state index contributed by atoms with van der Waals surface area (Å²) in [6.45, 7) is 2.18. The van der Waals surface area contributed by atoms with Gasteiger partial charge in [0.05, 0.1) is 18.1 Å². The van der Waals surface area contributed by atoms with Crippen molar-refractivity contribution in [2.75, 3.05) is 12.8 Å². The minimum atomic E-state index is -0.523. The van der Waals surface area contributed by atoms with Gasteiger partial charge in [-0.05, 0) is 42.7 Å². The van der Waals surface area contributed by atoms with Gasteiger partial charge in [-0.15, -0.1) is 0 Å². The molecule has 0 saturated carbocycles. The van der Waals surface area contributed by atoms with Crippen molar-refractivity contribution in [3.8, 4) is 5.69 Å². The number of nitrogen functional groups attached to an aromatic ring is 1. The zero-order chi connectivity index (χ0) is 19.7. The molecule has 142 valence electrons. The Bertz CT molecular complexity index is 1160. The molecule has 0 aliphatic carbocycles. The molecule has 4 rings (SSSR count). The van der Waals surface area contributed by atoms with Gasteiger partial charge in [-0.3, -0.25) is 4.57 Å². The minimum absolute atomic E-state index is 0.241. The number of nitrogens with zero attached hydrogens (tertiary/aromatic N) is 3. The van der Waals surface area contributed by atoms with Crippen LogP contribution in [0.1, 0.15) is 35.7 Å². The third-order valence-corrected chi connectivity index (χ3v) is 4.90. The Morgan fingerprint density at radius 2 is 1.75 bits per heavy atom. The molecule has 0 saturated heterocycles. The molecule has 6 heteroatoms. The van der Waals surface area contributed by atoms with Crippen molar-refractivity contribution in [1.29, 1.82) is 0 Å². The van der Waals surface area contributed by atoms with Crippen LogP contribution in [-0.4, -0.2) is 27.6 Å². The van der Waals surface area contributed by atoms with Crippen molar-refractivity contribution in [3.63, 3.8) is 0 Å². The third-order valence-electron chi connectivity index (χ3n) is 4.90. The van der Waals surface area contributed by atoms with Crippen LogP contribution in [0.2, 0.25) is 0 Å². The zero-order valence-corrected chi connectivity index (χ0v) is 16.0. The number of hydrogen-bond acceptors (Lipinski definition) is 5. The summed E-state index contributed by atoms with van der Waals surface area (Å²) < 4.78 is 6.72. The highest BCUT2D eigenvalue weighted by molar-refractivity contribution is 6.08. The van der Waals surface area contributed by atoms with Gasteiger partial charge in [-0.1, -0.05) is 37.6 Å². The largest absolute Gasteiger partial charge is 0.465 e. The van der Waals surface area contributed by atoms with Gasteiger partial charge in [0.1, 0.15) is 16.9 Å². The number of methoxy groups -OCH3 is 1. The molecule has 2 heterocycles. The fourth-order valence-electron chi connectivity index (χ4n) is 3.42. The predicted octanol–water partition coefficient (Wildman–Crippen LogP) is 4.29. The van der Waals surface area contributed by atoms with E-state index in [0.29, 0.717) is 16.7 Å².